The van der Waals surface area contributed by atoms with Crippen LogP contribution in [0.1, 0.15) is 26.3 Å². The normalized spacial score (nSPS) is 10.4. The Labute approximate surface area is 109 Å². The van der Waals surface area contributed by atoms with Crippen LogP contribution in [0, 0.1) is 5.92 Å². The minimum Gasteiger partial charge on any atom is -0.362 e. The van der Waals surface area contributed by atoms with Gasteiger partial charge in [0.25, 0.3) is 0 Å². The van der Waals surface area contributed by atoms with Crippen LogP contribution < -0.4 is 5.32 Å². The molecule has 1 rings (SSSR count). The van der Waals surface area contributed by atoms with E-state index in [0.717, 1.165) is 24.7 Å². The van der Waals surface area contributed by atoms with E-state index in [2.05, 4.69) is 36.0 Å². The lowest BCUT2D eigenvalue weighted by molar-refractivity contribution is 0.422. The first-order chi connectivity index (χ1) is 8.13. The lowest BCUT2D eigenvalue weighted by Gasteiger charge is -2.25. The number of hydrogen-bond donors (Lipinski definition) is 1. The van der Waals surface area contributed by atoms with Gasteiger partial charge < -0.3 is 10.2 Å². The second-order valence-electron chi connectivity index (χ2n) is 4.45. The summed E-state index contributed by atoms with van der Waals surface area (Å²) in [5.74, 6) is 0.604. The number of aromatic nitrogens is 1. The second-order valence-corrected chi connectivity index (χ2v) is 4.84. The summed E-state index contributed by atoms with van der Waals surface area (Å²) in [6.07, 6.45) is 3.63. The van der Waals surface area contributed by atoms with E-state index in [1.807, 2.05) is 24.5 Å². The molecule has 94 valence electrons. The molecule has 0 amide bonds. The van der Waals surface area contributed by atoms with E-state index in [4.69, 9.17) is 12.2 Å². The summed E-state index contributed by atoms with van der Waals surface area (Å²) < 4.78 is 0. The van der Waals surface area contributed by atoms with Gasteiger partial charge in [0, 0.05) is 32.0 Å². The van der Waals surface area contributed by atoms with Crippen LogP contribution >= 0.6 is 12.2 Å². The van der Waals surface area contributed by atoms with Gasteiger partial charge in [-0.2, -0.15) is 0 Å². The van der Waals surface area contributed by atoms with E-state index in [-0.39, 0.29) is 0 Å². The third kappa shape index (κ3) is 5.13. The van der Waals surface area contributed by atoms with Crippen LogP contribution in [-0.2, 0) is 6.54 Å². The molecule has 1 heterocycles. The number of thiocarbonyl (C=S) groups is 1. The quantitative estimate of drug-likeness (QED) is 0.814. The molecule has 4 heteroatoms. The molecule has 0 aliphatic heterocycles. The number of hydrogen-bond acceptors (Lipinski definition) is 2. The van der Waals surface area contributed by atoms with Crippen molar-refractivity contribution in [3.63, 3.8) is 0 Å². The van der Waals surface area contributed by atoms with Gasteiger partial charge in [0.05, 0.1) is 0 Å². The molecule has 17 heavy (non-hydrogen) atoms. The highest BCUT2D eigenvalue weighted by atomic mass is 32.1. The van der Waals surface area contributed by atoms with Crippen molar-refractivity contribution in [2.24, 2.45) is 5.92 Å². The molecular formula is C13H21N3S. The first kappa shape index (κ1) is 13.9. The average Bonchev–Trinajstić information content (AvgIpc) is 2.34. The summed E-state index contributed by atoms with van der Waals surface area (Å²) in [4.78, 5) is 6.18. The monoisotopic (exact) mass is 251 g/mol. The molecule has 1 aromatic heterocycles. The van der Waals surface area contributed by atoms with Gasteiger partial charge in [0.15, 0.2) is 5.11 Å². The Morgan fingerprint density at radius 3 is 2.59 bits per heavy atom. The predicted octanol–water partition coefficient (Wildman–Crippen LogP) is 2.43. The van der Waals surface area contributed by atoms with Crippen molar-refractivity contribution in [2.45, 2.75) is 27.3 Å². The summed E-state index contributed by atoms with van der Waals surface area (Å²) in [6, 6.07) is 4.04. The molecule has 0 aliphatic carbocycles. The van der Waals surface area contributed by atoms with Crippen LogP contribution in [0.4, 0.5) is 0 Å². The van der Waals surface area contributed by atoms with Crippen molar-refractivity contribution in [3.05, 3.63) is 30.1 Å². The summed E-state index contributed by atoms with van der Waals surface area (Å²) in [7, 11) is 0. The molecule has 1 aromatic rings. The fourth-order valence-corrected chi connectivity index (χ4v) is 1.72. The molecule has 0 spiro atoms. The summed E-state index contributed by atoms with van der Waals surface area (Å²) in [6.45, 7) is 9.13. The summed E-state index contributed by atoms with van der Waals surface area (Å²) >= 11 is 5.39. The SMILES string of the molecule is CCN(Cc1ccncc1)C(=S)NCC(C)C. The number of nitrogens with one attached hydrogen (secondary N) is 1. The Kier molecular flexibility index (Phi) is 5.91. The molecule has 0 fully saturated rings. The van der Waals surface area contributed by atoms with Gasteiger partial charge in [-0.25, -0.2) is 0 Å². The van der Waals surface area contributed by atoms with Gasteiger partial charge >= 0.3 is 0 Å². The Hall–Kier alpha value is -1.16. The first-order valence-corrected chi connectivity index (χ1v) is 6.46. The molecular weight excluding hydrogens is 230 g/mol. The zero-order chi connectivity index (χ0) is 12.7. The molecule has 1 N–H and O–H groups in total. The highest BCUT2D eigenvalue weighted by Gasteiger charge is 2.08. The molecule has 0 aliphatic rings. The molecule has 0 unspecified atom stereocenters. The Morgan fingerprint density at radius 1 is 1.41 bits per heavy atom. The van der Waals surface area contributed by atoms with Gasteiger partial charge in [-0.1, -0.05) is 13.8 Å². The van der Waals surface area contributed by atoms with Gasteiger partial charge in [-0.05, 0) is 42.8 Å². The Balaban J connectivity index is 2.51. The van der Waals surface area contributed by atoms with Crippen LogP contribution in [0.2, 0.25) is 0 Å². The highest BCUT2D eigenvalue weighted by molar-refractivity contribution is 7.80. The summed E-state index contributed by atoms with van der Waals surface area (Å²) in [5, 5.41) is 4.13. The fraction of sp³-hybridized carbons (Fsp3) is 0.538. The van der Waals surface area contributed by atoms with Gasteiger partial charge in [-0.3, -0.25) is 4.98 Å². The van der Waals surface area contributed by atoms with Crippen LogP contribution in [0.3, 0.4) is 0 Å². The lowest BCUT2D eigenvalue weighted by atomic mass is 10.2. The van der Waals surface area contributed by atoms with Crippen LogP contribution in [0.15, 0.2) is 24.5 Å². The van der Waals surface area contributed by atoms with Gasteiger partial charge in [0.2, 0.25) is 0 Å². The maximum Gasteiger partial charge on any atom is 0.169 e. The average molecular weight is 251 g/mol. The first-order valence-electron chi connectivity index (χ1n) is 6.05. The fourth-order valence-electron chi connectivity index (χ4n) is 1.44. The van der Waals surface area contributed by atoms with Crippen LogP contribution in [0.5, 0.6) is 0 Å². The van der Waals surface area contributed by atoms with E-state index < -0.39 is 0 Å². The highest BCUT2D eigenvalue weighted by Crippen LogP contribution is 2.03. The predicted molar refractivity (Wildman–Crippen MR) is 75.8 cm³/mol. The van der Waals surface area contributed by atoms with E-state index in [0.29, 0.717) is 5.92 Å². The van der Waals surface area contributed by atoms with Crippen LogP contribution in [-0.4, -0.2) is 28.1 Å². The third-order valence-electron chi connectivity index (χ3n) is 2.45. The smallest absolute Gasteiger partial charge is 0.169 e. The number of pyridine rings is 1. The molecule has 3 nitrogen and oxygen atoms in total. The number of nitrogens with zero attached hydrogens (tertiary/aromatic N) is 2. The Bertz CT molecular complexity index is 338. The molecule has 0 aromatic carbocycles. The maximum absolute atomic E-state index is 5.39. The van der Waals surface area contributed by atoms with Crippen molar-refractivity contribution in [1.82, 2.24) is 15.2 Å². The molecule has 0 atom stereocenters. The minimum absolute atomic E-state index is 0.604. The lowest BCUT2D eigenvalue weighted by Crippen LogP contribution is -2.40. The summed E-state index contributed by atoms with van der Waals surface area (Å²) in [5.41, 5.74) is 1.23. The van der Waals surface area contributed by atoms with Crippen molar-refractivity contribution >= 4 is 17.3 Å². The van der Waals surface area contributed by atoms with Gasteiger partial charge in [-0.15, -0.1) is 0 Å². The zero-order valence-corrected chi connectivity index (χ0v) is 11.6. The van der Waals surface area contributed by atoms with Crippen molar-refractivity contribution < 1.29 is 0 Å². The molecule has 0 saturated heterocycles. The number of rotatable bonds is 5. The van der Waals surface area contributed by atoms with Crippen molar-refractivity contribution in [2.75, 3.05) is 13.1 Å². The molecule has 0 saturated carbocycles. The van der Waals surface area contributed by atoms with E-state index in [1.54, 1.807) is 0 Å². The maximum atomic E-state index is 5.39. The van der Waals surface area contributed by atoms with E-state index >= 15 is 0 Å². The third-order valence-corrected chi connectivity index (χ3v) is 2.86. The van der Waals surface area contributed by atoms with Gasteiger partial charge in [0.1, 0.15) is 0 Å². The standard InChI is InChI=1S/C13H21N3S/c1-4-16(13(17)15-9-11(2)3)10-12-5-7-14-8-6-12/h5-8,11H,4,9-10H2,1-3H3,(H,15,17). The van der Waals surface area contributed by atoms with E-state index in [1.165, 1.54) is 5.56 Å². The van der Waals surface area contributed by atoms with Crippen molar-refractivity contribution in [1.29, 1.82) is 0 Å². The van der Waals surface area contributed by atoms with E-state index in [9.17, 15) is 0 Å². The minimum atomic E-state index is 0.604. The largest absolute Gasteiger partial charge is 0.362 e. The zero-order valence-electron chi connectivity index (χ0n) is 10.8. The molecule has 0 radical (unpaired) electrons. The van der Waals surface area contributed by atoms with Crippen LogP contribution in [0.25, 0.3) is 0 Å². The van der Waals surface area contributed by atoms with Crippen molar-refractivity contribution in [3.8, 4) is 0 Å². The topological polar surface area (TPSA) is 28.2 Å². The molecule has 0 bridgehead atoms. The Morgan fingerprint density at radius 2 is 2.06 bits per heavy atom. The second kappa shape index (κ2) is 7.22.